The third-order valence-corrected chi connectivity index (χ3v) is 3.48. The summed E-state index contributed by atoms with van der Waals surface area (Å²) in [5, 5.41) is 0. The van der Waals surface area contributed by atoms with Crippen LogP contribution in [-0.4, -0.2) is 5.91 Å². The van der Waals surface area contributed by atoms with Crippen molar-refractivity contribution in [2.75, 3.05) is 4.90 Å². The second-order valence-electron chi connectivity index (χ2n) is 4.85. The summed E-state index contributed by atoms with van der Waals surface area (Å²) in [5.74, 6) is 0.0134. The molecule has 0 bridgehead atoms. The number of amides is 1. The van der Waals surface area contributed by atoms with Gasteiger partial charge in [-0.15, -0.1) is 0 Å². The lowest BCUT2D eigenvalue weighted by atomic mass is 9.88. The van der Waals surface area contributed by atoms with Gasteiger partial charge in [0.2, 0.25) is 0 Å². The normalized spacial score (nSPS) is 18.4. The van der Waals surface area contributed by atoms with E-state index in [-0.39, 0.29) is 11.9 Å². The van der Waals surface area contributed by atoms with Gasteiger partial charge in [-0.2, -0.15) is 0 Å². The van der Waals surface area contributed by atoms with Crippen molar-refractivity contribution in [3.8, 4) is 0 Å². The van der Waals surface area contributed by atoms with E-state index in [1.165, 1.54) is 0 Å². The standard InChI is InChI=1S/C17H15NO/c1-12-7-6-10-15(11-12)18-16(13(2)17(18)19)14-8-4-3-5-9-14/h3-11,16H,2H2,1H3. The van der Waals surface area contributed by atoms with Gasteiger partial charge in [0, 0.05) is 11.3 Å². The Balaban J connectivity index is 2.01. The summed E-state index contributed by atoms with van der Waals surface area (Å²) in [4.78, 5) is 13.9. The van der Waals surface area contributed by atoms with E-state index in [2.05, 4.69) is 6.58 Å². The maximum absolute atomic E-state index is 12.1. The van der Waals surface area contributed by atoms with E-state index in [1.807, 2.05) is 66.4 Å². The minimum Gasteiger partial charge on any atom is -0.297 e. The van der Waals surface area contributed by atoms with Crippen LogP contribution in [0.25, 0.3) is 0 Å². The topological polar surface area (TPSA) is 20.3 Å². The number of hydrogen-bond acceptors (Lipinski definition) is 1. The first kappa shape index (κ1) is 11.7. The third-order valence-electron chi connectivity index (χ3n) is 3.48. The average Bonchev–Trinajstić information content (AvgIpc) is 2.44. The van der Waals surface area contributed by atoms with Crippen LogP contribution >= 0.6 is 0 Å². The zero-order chi connectivity index (χ0) is 13.4. The van der Waals surface area contributed by atoms with Gasteiger partial charge in [-0.25, -0.2) is 0 Å². The number of carbonyl (C=O) groups is 1. The lowest BCUT2D eigenvalue weighted by Gasteiger charge is -2.42. The molecule has 2 aromatic carbocycles. The smallest absolute Gasteiger partial charge is 0.256 e. The minimum atomic E-state index is -0.0319. The first-order valence-electron chi connectivity index (χ1n) is 6.32. The second-order valence-corrected chi connectivity index (χ2v) is 4.85. The Morgan fingerprint density at radius 3 is 2.47 bits per heavy atom. The van der Waals surface area contributed by atoms with Gasteiger partial charge in [0.1, 0.15) is 0 Å². The molecule has 0 radical (unpaired) electrons. The summed E-state index contributed by atoms with van der Waals surface area (Å²) >= 11 is 0. The second kappa shape index (κ2) is 4.39. The molecule has 1 amide bonds. The van der Waals surface area contributed by atoms with Gasteiger partial charge in [0.25, 0.3) is 5.91 Å². The predicted molar refractivity (Wildman–Crippen MR) is 77.0 cm³/mol. The molecule has 0 saturated carbocycles. The zero-order valence-electron chi connectivity index (χ0n) is 10.8. The lowest BCUT2D eigenvalue weighted by molar-refractivity contribution is -0.118. The Kier molecular flexibility index (Phi) is 2.71. The molecular formula is C17H15NO. The maximum Gasteiger partial charge on any atom is 0.256 e. The molecule has 94 valence electrons. The van der Waals surface area contributed by atoms with Crippen molar-refractivity contribution in [1.82, 2.24) is 0 Å². The molecule has 1 aliphatic rings. The highest BCUT2D eigenvalue weighted by Gasteiger charge is 2.42. The molecule has 1 atom stereocenters. The first-order chi connectivity index (χ1) is 9.18. The Bertz CT molecular complexity index is 645. The van der Waals surface area contributed by atoms with E-state index in [0.717, 1.165) is 16.8 Å². The van der Waals surface area contributed by atoms with Gasteiger partial charge in [0.15, 0.2) is 0 Å². The van der Waals surface area contributed by atoms with Gasteiger partial charge in [-0.1, -0.05) is 49.0 Å². The van der Waals surface area contributed by atoms with Crippen LogP contribution in [0.15, 0.2) is 66.7 Å². The fourth-order valence-electron chi connectivity index (χ4n) is 2.51. The van der Waals surface area contributed by atoms with E-state index in [1.54, 1.807) is 0 Å². The zero-order valence-corrected chi connectivity index (χ0v) is 10.8. The largest absolute Gasteiger partial charge is 0.297 e. The average molecular weight is 249 g/mol. The quantitative estimate of drug-likeness (QED) is 0.588. The van der Waals surface area contributed by atoms with Crippen LogP contribution in [0.3, 0.4) is 0 Å². The molecule has 1 heterocycles. The van der Waals surface area contributed by atoms with Crippen LogP contribution in [0.4, 0.5) is 5.69 Å². The summed E-state index contributed by atoms with van der Waals surface area (Å²) in [5.41, 5.74) is 3.85. The summed E-state index contributed by atoms with van der Waals surface area (Å²) in [6.07, 6.45) is 0. The Hall–Kier alpha value is -2.35. The molecule has 19 heavy (non-hydrogen) atoms. The van der Waals surface area contributed by atoms with E-state index in [0.29, 0.717) is 5.57 Å². The number of rotatable bonds is 2. The van der Waals surface area contributed by atoms with Crippen molar-refractivity contribution in [2.45, 2.75) is 13.0 Å². The van der Waals surface area contributed by atoms with Crippen molar-refractivity contribution < 1.29 is 4.79 Å². The fraction of sp³-hybridized carbons (Fsp3) is 0.118. The molecule has 0 aromatic heterocycles. The van der Waals surface area contributed by atoms with Crippen molar-refractivity contribution in [1.29, 1.82) is 0 Å². The predicted octanol–water partition coefficient (Wildman–Crippen LogP) is 3.64. The highest BCUT2D eigenvalue weighted by molar-refractivity contribution is 6.15. The number of nitrogens with zero attached hydrogens (tertiary/aromatic N) is 1. The van der Waals surface area contributed by atoms with Crippen molar-refractivity contribution in [3.05, 3.63) is 77.9 Å². The van der Waals surface area contributed by atoms with Crippen LogP contribution < -0.4 is 4.90 Å². The number of benzene rings is 2. The van der Waals surface area contributed by atoms with Gasteiger partial charge >= 0.3 is 0 Å². The molecule has 1 unspecified atom stereocenters. The maximum atomic E-state index is 12.1. The Morgan fingerprint density at radius 2 is 1.79 bits per heavy atom. The molecule has 0 spiro atoms. The van der Waals surface area contributed by atoms with Gasteiger partial charge in [-0.05, 0) is 30.2 Å². The third kappa shape index (κ3) is 1.85. The SMILES string of the molecule is C=C1C(=O)N(c2cccc(C)c2)C1c1ccccc1. The van der Waals surface area contributed by atoms with Crippen molar-refractivity contribution in [2.24, 2.45) is 0 Å². The number of β-lactam (4-membered cyclic amide) rings is 1. The number of carbonyl (C=O) groups excluding carboxylic acids is 1. The molecular weight excluding hydrogens is 234 g/mol. The van der Waals surface area contributed by atoms with Crippen LogP contribution in [0.2, 0.25) is 0 Å². The number of aryl methyl sites for hydroxylation is 1. The van der Waals surface area contributed by atoms with Crippen LogP contribution in [0, 0.1) is 6.92 Å². The summed E-state index contributed by atoms with van der Waals surface area (Å²) in [7, 11) is 0. The van der Waals surface area contributed by atoms with Gasteiger partial charge in [-0.3, -0.25) is 9.69 Å². The van der Waals surface area contributed by atoms with E-state index in [4.69, 9.17) is 0 Å². The molecule has 0 N–H and O–H groups in total. The van der Waals surface area contributed by atoms with E-state index < -0.39 is 0 Å². The summed E-state index contributed by atoms with van der Waals surface area (Å²) < 4.78 is 0. The summed E-state index contributed by atoms with van der Waals surface area (Å²) in [6.45, 7) is 5.93. The van der Waals surface area contributed by atoms with Crippen molar-refractivity contribution >= 4 is 11.6 Å². The van der Waals surface area contributed by atoms with Gasteiger partial charge < -0.3 is 0 Å². The molecule has 1 aliphatic heterocycles. The molecule has 0 aliphatic carbocycles. The Morgan fingerprint density at radius 1 is 1.05 bits per heavy atom. The molecule has 3 rings (SSSR count). The Labute approximate surface area is 113 Å². The molecule has 2 nitrogen and oxygen atoms in total. The van der Waals surface area contributed by atoms with E-state index in [9.17, 15) is 4.79 Å². The van der Waals surface area contributed by atoms with Crippen LogP contribution in [0.5, 0.6) is 0 Å². The molecule has 1 fully saturated rings. The monoisotopic (exact) mass is 249 g/mol. The fourth-order valence-corrected chi connectivity index (χ4v) is 2.51. The summed E-state index contributed by atoms with van der Waals surface area (Å²) in [6, 6.07) is 18.0. The minimum absolute atomic E-state index is 0.0134. The van der Waals surface area contributed by atoms with E-state index >= 15 is 0 Å². The highest BCUT2D eigenvalue weighted by Crippen LogP contribution is 2.42. The lowest BCUT2D eigenvalue weighted by Crippen LogP contribution is -2.48. The van der Waals surface area contributed by atoms with Crippen LogP contribution in [-0.2, 0) is 4.79 Å². The van der Waals surface area contributed by atoms with Crippen LogP contribution in [0.1, 0.15) is 17.2 Å². The molecule has 2 heteroatoms. The highest BCUT2D eigenvalue weighted by atomic mass is 16.2. The number of anilines is 1. The molecule has 2 aromatic rings. The van der Waals surface area contributed by atoms with Crippen molar-refractivity contribution in [3.63, 3.8) is 0 Å². The molecule has 1 saturated heterocycles. The van der Waals surface area contributed by atoms with Gasteiger partial charge in [0.05, 0.1) is 6.04 Å². The number of hydrogen-bond donors (Lipinski definition) is 0. The first-order valence-corrected chi connectivity index (χ1v) is 6.32.